The number of aromatic nitrogens is 3. The van der Waals surface area contributed by atoms with Crippen molar-refractivity contribution in [2.45, 2.75) is 6.42 Å². The molecule has 0 aliphatic carbocycles. The van der Waals surface area contributed by atoms with Gasteiger partial charge in [-0.3, -0.25) is 20.2 Å². The molecule has 1 fully saturated rings. The number of imide groups is 2. The monoisotopic (exact) mass is 370 g/mol. The Kier molecular flexibility index (Phi) is 4.09. The second-order valence-electron chi connectivity index (χ2n) is 5.78. The highest BCUT2D eigenvalue weighted by Crippen LogP contribution is 2.24. The first kappa shape index (κ1) is 16.2. The van der Waals surface area contributed by atoms with Crippen molar-refractivity contribution in [2.24, 2.45) is 5.92 Å². The van der Waals surface area contributed by atoms with Crippen LogP contribution in [0.1, 0.15) is 10.6 Å². The van der Waals surface area contributed by atoms with Crippen LogP contribution in [0.3, 0.4) is 0 Å². The van der Waals surface area contributed by atoms with Gasteiger partial charge in [0.2, 0.25) is 16.9 Å². The molecule has 1 aliphatic rings. The fourth-order valence-electron chi connectivity index (χ4n) is 2.76. The summed E-state index contributed by atoms with van der Waals surface area (Å²) >= 11 is 1.35. The number of hydrogen-bond acceptors (Lipinski definition) is 7. The standard InChI is InChI=1S/C16H14N6O3S/c23-13-10(14(24)20-15(25)19-13)7-18-16-22-21-12(26-16)5-8-6-17-11-4-2-1-3-9(8)11/h1-4,6,10,17H,5,7H2,(H,18,22)(H2,19,20,23,24,25). The van der Waals surface area contributed by atoms with Gasteiger partial charge in [-0.05, 0) is 11.6 Å². The molecule has 1 saturated heterocycles. The van der Waals surface area contributed by atoms with Crippen molar-refractivity contribution in [1.82, 2.24) is 25.8 Å². The molecule has 0 bridgehead atoms. The van der Waals surface area contributed by atoms with E-state index in [1.165, 1.54) is 11.3 Å². The molecule has 132 valence electrons. The highest BCUT2D eigenvalue weighted by molar-refractivity contribution is 7.15. The number of carbonyl (C=O) groups excluding carboxylic acids is 3. The molecule has 1 aromatic carbocycles. The fraction of sp³-hybridized carbons (Fsp3) is 0.188. The third-order valence-electron chi connectivity index (χ3n) is 4.05. The Morgan fingerprint density at radius 2 is 1.85 bits per heavy atom. The van der Waals surface area contributed by atoms with Crippen molar-refractivity contribution in [3.05, 3.63) is 41.0 Å². The SMILES string of the molecule is O=C1NC(=O)C(CNc2nnc(Cc3c[nH]c4ccccc34)s2)C(=O)N1. The van der Waals surface area contributed by atoms with Gasteiger partial charge >= 0.3 is 6.03 Å². The zero-order chi connectivity index (χ0) is 18.1. The van der Waals surface area contributed by atoms with Gasteiger partial charge in [-0.15, -0.1) is 10.2 Å². The number of para-hydroxylation sites is 1. The summed E-state index contributed by atoms with van der Waals surface area (Å²) in [5, 5.41) is 17.7. The lowest BCUT2D eigenvalue weighted by molar-refractivity contribution is -0.135. The van der Waals surface area contributed by atoms with E-state index in [1.54, 1.807) is 0 Å². The second kappa shape index (κ2) is 6.56. The molecule has 0 spiro atoms. The number of carbonyl (C=O) groups is 3. The Hall–Kier alpha value is -3.27. The molecule has 2 aromatic heterocycles. The minimum atomic E-state index is -0.992. The summed E-state index contributed by atoms with van der Waals surface area (Å²) in [5.41, 5.74) is 2.18. The van der Waals surface area contributed by atoms with Crippen LogP contribution in [0.15, 0.2) is 30.5 Å². The van der Waals surface area contributed by atoms with Crippen LogP contribution in [0.4, 0.5) is 9.93 Å². The molecule has 4 amide bonds. The minimum Gasteiger partial charge on any atom is -0.361 e. The van der Waals surface area contributed by atoms with Gasteiger partial charge in [-0.1, -0.05) is 29.5 Å². The number of anilines is 1. The van der Waals surface area contributed by atoms with E-state index < -0.39 is 23.8 Å². The maximum absolute atomic E-state index is 11.7. The predicted octanol–water partition coefficient (Wildman–Crippen LogP) is 1.00. The Bertz CT molecular complexity index is 990. The maximum Gasteiger partial charge on any atom is 0.328 e. The quantitative estimate of drug-likeness (QED) is 0.496. The molecule has 1 aliphatic heterocycles. The van der Waals surface area contributed by atoms with E-state index in [1.807, 2.05) is 30.5 Å². The lowest BCUT2D eigenvalue weighted by Crippen LogP contribution is -2.57. The number of fused-ring (bicyclic) bond motifs is 1. The van der Waals surface area contributed by atoms with Gasteiger partial charge in [0.05, 0.1) is 0 Å². The van der Waals surface area contributed by atoms with Crippen molar-refractivity contribution in [1.29, 1.82) is 0 Å². The maximum atomic E-state index is 11.7. The normalized spacial score (nSPS) is 15.2. The van der Waals surface area contributed by atoms with Crippen LogP contribution in [0, 0.1) is 5.92 Å². The number of rotatable bonds is 5. The topological polar surface area (TPSA) is 129 Å². The third kappa shape index (κ3) is 3.14. The number of H-pyrrole nitrogens is 1. The van der Waals surface area contributed by atoms with Crippen molar-refractivity contribution in [3.63, 3.8) is 0 Å². The van der Waals surface area contributed by atoms with Crippen molar-refractivity contribution in [2.75, 3.05) is 11.9 Å². The number of urea groups is 1. The summed E-state index contributed by atoms with van der Waals surface area (Å²) in [5.74, 6) is -2.25. The minimum absolute atomic E-state index is 0.0344. The number of nitrogens with one attached hydrogen (secondary N) is 4. The van der Waals surface area contributed by atoms with Gasteiger partial charge in [-0.2, -0.15) is 0 Å². The summed E-state index contributed by atoms with van der Waals surface area (Å²) in [6.07, 6.45) is 2.58. The van der Waals surface area contributed by atoms with E-state index in [0.717, 1.165) is 21.5 Å². The summed E-state index contributed by atoms with van der Waals surface area (Å²) in [6.45, 7) is 0.0344. The van der Waals surface area contributed by atoms with Gasteiger partial charge in [0, 0.05) is 30.1 Å². The Labute approximate surface area is 151 Å². The van der Waals surface area contributed by atoms with Crippen LogP contribution < -0.4 is 16.0 Å². The second-order valence-corrected chi connectivity index (χ2v) is 6.84. The van der Waals surface area contributed by atoms with E-state index >= 15 is 0 Å². The number of amides is 4. The zero-order valence-electron chi connectivity index (χ0n) is 13.4. The number of benzene rings is 1. The van der Waals surface area contributed by atoms with Crippen molar-refractivity contribution >= 4 is 45.2 Å². The highest BCUT2D eigenvalue weighted by Gasteiger charge is 2.34. The van der Waals surface area contributed by atoms with Crippen LogP contribution in [-0.4, -0.2) is 39.6 Å². The van der Waals surface area contributed by atoms with Gasteiger partial charge in [0.25, 0.3) is 0 Å². The molecule has 0 unspecified atom stereocenters. The molecule has 0 radical (unpaired) electrons. The summed E-state index contributed by atoms with van der Waals surface area (Å²) in [6, 6.07) is 7.21. The molecule has 9 nitrogen and oxygen atoms in total. The van der Waals surface area contributed by atoms with Gasteiger partial charge in [-0.25, -0.2) is 4.79 Å². The van der Waals surface area contributed by atoms with E-state index in [0.29, 0.717) is 11.6 Å². The van der Waals surface area contributed by atoms with E-state index in [-0.39, 0.29) is 6.54 Å². The van der Waals surface area contributed by atoms with Crippen LogP contribution in [0.2, 0.25) is 0 Å². The summed E-state index contributed by atoms with van der Waals surface area (Å²) in [4.78, 5) is 37.7. The molecule has 3 aromatic rings. The number of barbiturate groups is 1. The lowest BCUT2D eigenvalue weighted by Gasteiger charge is -2.20. The third-order valence-corrected chi connectivity index (χ3v) is 4.93. The molecule has 3 heterocycles. The molecule has 4 rings (SSSR count). The zero-order valence-corrected chi connectivity index (χ0v) is 14.2. The van der Waals surface area contributed by atoms with Crippen molar-refractivity contribution < 1.29 is 14.4 Å². The van der Waals surface area contributed by atoms with E-state index in [2.05, 4.69) is 31.1 Å². The molecule has 0 saturated carbocycles. The first-order valence-corrected chi connectivity index (χ1v) is 8.69. The number of nitrogens with zero attached hydrogens (tertiary/aromatic N) is 2. The van der Waals surface area contributed by atoms with Gasteiger partial charge in [0.15, 0.2) is 0 Å². The van der Waals surface area contributed by atoms with Crippen LogP contribution >= 0.6 is 11.3 Å². The Morgan fingerprint density at radius 3 is 2.65 bits per heavy atom. The van der Waals surface area contributed by atoms with Crippen LogP contribution in [0.25, 0.3) is 10.9 Å². The molecule has 10 heteroatoms. The first-order valence-electron chi connectivity index (χ1n) is 7.87. The first-order chi connectivity index (χ1) is 12.6. The van der Waals surface area contributed by atoms with Gasteiger partial charge in [0.1, 0.15) is 10.9 Å². The number of hydrogen-bond donors (Lipinski definition) is 4. The van der Waals surface area contributed by atoms with Crippen molar-refractivity contribution in [3.8, 4) is 0 Å². The van der Waals surface area contributed by atoms with Crippen LogP contribution in [-0.2, 0) is 16.0 Å². The number of aromatic amines is 1. The van der Waals surface area contributed by atoms with E-state index in [9.17, 15) is 14.4 Å². The van der Waals surface area contributed by atoms with Crippen LogP contribution in [0.5, 0.6) is 0 Å². The fourth-order valence-corrected chi connectivity index (χ4v) is 3.53. The van der Waals surface area contributed by atoms with Gasteiger partial charge < -0.3 is 10.3 Å². The predicted molar refractivity (Wildman–Crippen MR) is 94.7 cm³/mol. The summed E-state index contributed by atoms with van der Waals surface area (Å²) < 4.78 is 0. The molecular weight excluding hydrogens is 356 g/mol. The largest absolute Gasteiger partial charge is 0.361 e. The molecule has 26 heavy (non-hydrogen) atoms. The molecule has 0 atom stereocenters. The average Bonchev–Trinajstić information content (AvgIpc) is 3.22. The lowest BCUT2D eigenvalue weighted by atomic mass is 10.1. The average molecular weight is 370 g/mol. The Balaban J connectivity index is 1.41. The highest BCUT2D eigenvalue weighted by atomic mass is 32.1. The molecular formula is C16H14N6O3S. The summed E-state index contributed by atoms with van der Waals surface area (Å²) in [7, 11) is 0. The van der Waals surface area contributed by atoms with E-state index in [4.69, 9.17) is 0 Å². The Morgan fingerprint density at radius 1 is 1.08 bits per heavy atom. The molecule has 4 N–H and O–H groups in total. The smallest absolute Gasteiger partial charge is 0.328 e.